The molecular weight excluding hydrogens is 182 g/mol. The molecule has 0 spiro atoms. The average Bonchev–Trinajstić information content (AvgIpc) is 2.03. The lowest BCUT2D eigenvalue weighted by Crippen LogP contribution is -2.54. The van der Waals surface area contributed by atoms with Gasteiger partial charge in [-0.3, -0.25) is 4.79 Å². The Bertz CT molecular complexity index is 195. The molecule has 0 saturated heterocycles. The van der Waals surface area contributed by atoms with Crippen LogP contribution in [0.2, 0.25) is 0 Å². The molecule has 1 fully saturated rings. The minimum Gasteiger partial charge on any atom is -0.350 e. The zero-order valence-electron chi connectivity index (χ0n) is 8.72. The Morgan fingerprint density at radius 3 is 2.77 bits per heavy atom. The monoisotopic (exact) mass is 201 g/mol. The molecule has 0 bridgehead atoms. The largest absolute Gasteiger partial charge is 0.350 e. The van der Waals surface area contributed by atoms with E-state index in [0.29, 0.717) is 5.25 Å². The van der Waals surface area contributed by atoms with Crippen LogP contribution in [-0.4, -0.2) is 23.0 Å². The summed E-state index contributed by atoms with van der Waals surface area (Å²) in [5, 5.41) is 3.69. The van der Waals surface area contributed by atoms with Gasteiger partial charge in [-0.2, -0.15) is 11.8 Å². The van der Waals surface area contributed by atoms with Crippen molar-refractivity contribution in [3.63, 3.8) is 0 Å². The molecule has 1 aliphatic rings. The fourth-order valence-electron chi connectivity index (χ4n) is 2.22. The normalized spacial score (nSPS) is 34.2. The third kappa shape index (κ3) is 2.63. The summed E-state index contributed by atoms with van der Waals surface area (Å²) in [5.41, 5.74) is 0.0312. The van der Waals surface area contributed by atoms with Crippen LogP contribution in [0.1, 0.15) is 39.5 Å². The maximum atomic E-state index is 11.1. The SMILES string of the molecule is CS[C@H]1CCCC[C@]1(C)NC(C)=O. The first-order chi connectivity index (χ1) is 6.08. The van der Waals surface area contributed by atoms with Gasteiger partial charge in [0, 0.05) is 17.7 Å². The standard InChI is InChI=1S/C10H19NOS/c1-8(12)11-10(2)7-5-4-6-9(10)13-3/h9H,4-7H2,1-3H3,(H,11,12)/t9-,10-/m0/s1. The van der Waals surface area contributed by atoms with Gasteiger partial charge in [0.05, 0.1) is 0 Å². The number of hydrogen-bond acceptors (Lipinski definition) is 2. The molecule has 0 aromatic heterocycles. The van der Waals surface area contributed by atoms with E-state index in [0.717, 1.165) is 6.42 Å². The van der Waals surface area contributed by atoms with E-state index in [4.69, 9.17) is 0 Å². The highest BCUT2D eigenvalue weighted by Crippen LogP contribution is 2.35. The van der Waals surface area contributed by atoms with E-state index in [1.54, 1.807) is 6.92 Å². The Morgan fingerprint density at radius 1 is 1.54 bits per heavy atom. The third-order valence-electron chi connectivity index (χ3n) is 2.87. The first-order valence-electron chi connectivity index (χ1n) is 4.90. The van der Waals surface area contributed by atoms with Crippen molar-refractivity contribution in [3.8, 4) is 0 Å². The smallest absolute Gasteiger partial charge is 0.217 e. The lowest BCUT2D eigenvalue weighted by Gasteiger charge is -2.41. The predicted octanol–water partition coefficient (Wildman–Crippen LogP) is 2.19. The Morgan fingerprint density at radius 2 is 2.23 bits per heavy atom. The summed E-state index contributed by atoms with van der Waals surface area (Å²) in [4.78, 5) is 11.1. The zero-order chi connectivity index (χ0) is 9.90. The molecular formula is C10H19NOS. The Balaban J connectivity index is 2.64. The van der Waals surface area contributed by atoms with E-state index in [-0.39, 0.29) is 11.4 Å². The Kier molecular flexibility index (Phi) is 3.65. The van der Waals surface area contributed by atoms with Crippen LogP contribution in [0.4, 0.5) is 0 Å². The molecule has 0 aliphatic heterocycles. The predicted molar refractivity (Wildman–Crippen MR) is 58.0 cm³/mol. The van der Waals surface area contributed by atoms with E-state index in [2.05, 4.69) is 18.5 Å². The van der Waals surface area contributed by atoms with Crippen LogP contribution in [0, 0.1) is 0 Å². The van der Waals surface area contributed by atoms with Gasteiger partial charge in [0.25, 0.3) is 0 Å². The van der Waals surface area contributed by atoms with Crippen molar-refractivity contribution in [2.45, 2.75) is 50.3 Å². The number of carbonyl (C=O) groups excluding carboxylic acids is 1. The van der Waals surface area contributed by atoms with Crippen LogP contribution in [0.25, 0.3) is 0 Å². The molecule has 0 heterocycles. The van der Waals surface area contributed by atoms with Crippen molar-refractivity contribution in [3.05, 3.63) is 0 Å². The van der Waals surface area contributed by atoms with Crippen LogP contribution >= 0.6 is 11.8 Å². The van der Waals surface area contributed by atoms with Gasteiger partial charge in [0.1, 0.15) is 0 Å². The first kappa shape index (κ1) is 10.9. The van der Waals surface area contributed by atoms with E-state index in [1.807, 2.05) is 11.8 Å². The lowest BCUT2D eigenvalue weighted by molar-refractivity contribution is -0.120. The summed E-state index contributed by atoms with van der Waals surface area (Å²) in [7, 11) is 0. The maximum Gasteiger partial charge on any atom is 0.217 e. The molecule has 3 heteroatoms. The maximum absolute atomic E-state index is 11.1. The zero-order valence-corrected chi connectivity index (χ0v) is 9.54. The van der Waals surface area contributed by atoms with Gasteiger partial charge >= 0.3 is 0 Å². The highest BCUT2D eigenvalue weighted by molar-refractivity contribution is 7.99. The van der Waals surface area contributed by atoms with Gasteiger partial charge in [0.2, 0.25) is 5.91 Å². The summed E-state index contributed by atoms with van der Waals surface area (Å²) in [6, 6.07) is 0. The highest BCUT2D eigenvalue weighted by Gasteiger charge is 2.36. The molecule has 1 N–H and O–H groups in total. The quantitative estimate of drug-likeness (QED) is 0.742. The van der Waals surface area contributed by atoms with Crippen LogP contribution < -0.4 is 5.32 Å². The van der Waals surface area contributed by atoms with Crippen molar-refractivity contribution < 1.29 is 4.79 Å². The summed E-state index contributed by atoms with van der Waals surface area (Å²) in [6.07, 6.45) is 7.04. The van der Waals surface area contributed by atoms with E-state index in [1.165, 1.54) is 19.3 Å². The highest BCUT2D eigenvalue weighted by atomic mass is 32.2. The molecule has 2 atom stereocenters. The molecule has 0 aromatic rings. The number of nitrogens with one attached hydrogen (secondary N) is 1. The number of thioether (sulfide) groups is 1. The summed E-state index contributed by atoms with van der Waals surface area (Å²) < 4.78 is 0. The summed E-state index contributed by atoms with van der Waals surface area (Å²) >= 11 is 1.88. The molecule has 13 heavy (non-hydrogen) atoms. The lowest BCUT2D eigenvalue weighted by atomic mass is 9.82. The molecule has 0 radical (unpaired) electrons. The van der Waals surface area contributed by atoms with Crippen LogP contribution in [0.5, 0.6) is 0 Å². The number of hydrogen-bond donors (Lipinski definition) is 1. The molecule has 1 aliphatic carbocycles. The average molecular weight is 201 g/mol. The minimum atomic E-state index is 0.0312. The van der Waals surface area contributed by atoms with E-state index < -0.39 is 0 Å². The fourth-order valence-corrected chi connectivity index (χ4v) is 3.32. The topological polar surface area (TPSA) is 29.1 Å². The number of carbonyl (C=O) groups is 1. The van der Waals surface area contributed by atoms with Gasteiger partial charge in [-0.15, -0.1) is 0 Å². The van der Waals surface area contributed by atoms with E-state index in [9.17, 15) is 4.79 Å². The third-order valence-corrected chi connectivity index (χ3v) is 4.19. The Hall–Kier alpha value is -0.180. The van der Waals surface area contributed by atoms with Crippen molar-refractivity contribution in [1.82, 2.24) is 5.32 Å². The Labute approximate surface area is 84.9 Å². The minimum absolute atomic E-state index is 0.0312. The second-order valence-electron chi connectivity index (χ2n) is 4.07. The van der Waals surface area contributed by atoms with E-state index >= 15 is 0 Å². The van der Waals surface area contributed by atoms with Crippen LogP contribution in [0.3, 0.4) is 0 Å². The van der Waals surface area contributed by atoms with Crippen LogP contribution in [-0.2, 0) is 4.79 Å². The fraction of sp³-hybridized carbons (Fsp3) is 0.900. The van der Waals surface area contributed by atoms with Crippen LogP contribution in [0.15, 0.2) is 0 Å². The van der Waals surface area contributed by atoms with Crippen molar-refractivity contribution >= 4 is 17.7 Å². The van der Waals surface area contributed by atoms with Crippen molar-refractivity contribution in [2.24, 2.45) is 0 Å². The summed E-state index contributed by atoms with van der Waals surface area (Å²) in [5.74, 6) is 0.100. The molecule has 0 unspecified atom stereocenters. The molecule has 1 rings (SSSR count). The first-order valence-corrected chi connectivity index (χ1v) is 6.19. The van der Waals surface area contributed by atoms with Gasteiger partial charge in [-0.25, -0.2) is 0 Å². The summed E-state index contributed by atoms with van der Waals surface area (Å²) in [6.45, 7) is 3.78. The molecule has 76 valence electrons. The molecule has 2 nitrogen and oxygen atoms in total. The number of amides is 1. The second-order valence-corrected chi connectivity index (χ2v) is 5.11. The number of rotatable bonds is 2. The molecule has 0 aromatic carbocycles. The van der Waals surface area contributed by atoms with Crippen molar-refractivity contribution in [1.29, 1.82) is 0 Å². The van der Waals surface area contributed by atoms with Gasteiger partial charge in [-0.05, 0) is 26.0 Å². The van der Waals surface area contributed by atoms with Gasteiger partial charge in [-0.1, -0.05) is 12.8 Å². The van der Waals surface area contributed by atoms with Gasteiger partial charge < -0.3 is 5.32 Å². The molecule has 1 saturated carbocycles. The molecule has 1 amide bonds. The van der Waals surface area contributed by atoms with Gasteiger partial charge in [0.15, 0.2) is 0 Å². The van der Waals surface area contributed by atoms with Crippen molar-refractivity contribution in [2.75, 3.05) is 6.26 Å². The second kappa shape index (κ2) is 4.36.